The number of benzene rings is 3. The van der Waals surface area contributed by atoms with Gasteiger partial charge in [0.25, 0.3) is 5.91 Å². The van der Waals surface area contributed by atoms with E-state index in [0.29, 0.717) is 12.3 Å². The third-order valence-corrected chi connectivity index (χ3v) is 4.41. The predicted octanol–water partition coefficient (Wildman–Crippen LogP) is 4.76. The fourth-order valence-electron chi connectivity index (χ4n) is 3.17. The minimum Gasteiger partial charge on any atom is -0.302 e. The van der Waals surface area contributed by atoms with Crippen LogP contribution in [-0.4, -0.2) is 18.2 Å². The molecule has 4 heteroatoms. The largest absolute Gasteiger partial charge is 0.302 e. The van der Waals surface area contributed by atoms with Crippen molar-refractivity contribution in [2.24, 2.45) is 5.10 Å². The smallest absolute Gasteiger partial charge is 0.279 e. The molecule has 0 unspecified atom stereocenters. The summed E-state index contributed by atoms with van der Waals surface area (Å²) in [6, 6.07) is 27.4. The molecule has 4 rings (SSSR count). The van der Waals surface area contributed by atoms with Gasteiger partial charge in [-0.25, -0.2) is 5.01 Å². The monoisotopic (exact) mass is 353 g/mol. The Bertz CT molecular complexity index is 957. The van der Waals surface area contributed by atoms with Gasteiger partial charge < -0.3 is 4.90 Å². The van der Waals surface area contributed by atoms with Crippen molar-refractivity contribution < 1.29 is 4.79 Å². The second-order valence-corrected chi connectivity index (χ2v) is 6.15. The van der Waals surface area contributed by atoms with E-state index in [-0.39, 0.29) is 5.91 Å². The van der Waals surface area contributed by atoms with E-state index < -0.39 is 0 Å². The van der Waals surface area contributed by atoms with Gasteiger partial charge in [-0.15, -0.1) is 6.58 Å². The molecule has 1 heterocycles. The summed E-state index contributed by atoms with van der Waals surface area (Å²) in [6.07, 6.45) is 1.73. The van der Waals surface area contributed by atoms with Crippen LogP contribution in [0.25, 0.3) is 0 Å². The summed E-state index contributed by atoms with van der Waals surface area (Å²) < 4.78 is 0. The van der Waals surface area contributed by atoms with Crippen LogP contribution in [0.2, 0.25) is 0 Å². The molecular formula is C23H19N3O. The number of rotatable bonds is 5. The van der Waals surface area contributed by atoms with Crippen LogP contribution in [0.15, 0.2) is 103 Å². The first-order valence-corrected chi connectivity index (χ1v) is 8.80. The molecule has 0 aromatic heterocycles. The summed E-state index contributed by atoms with van der Waals surface area (Å²) in [5, 5.41) is 6.60. The van der Waals surface area contributed by atoms with Gasteiger partial charge in [0.15, 0.2) is 5.71 Å². The van der Waals surface area contributed by atoms with Crippen molar-refractivity contribution in [3.05, 3.63) is 103 Å². The summed E-state index contributed by atoms with van der Waals surface area (Å²) in [6.45, 7) is 4.22. The summed E-state index contributed by atoms with van der Waals surface area (Å²) in [5.41, 5.74) is 3.91. The molecule has 0 spiro atoms. The van der Waals surface area contributed by atoms with Crippen molar-refractivity contribution in [2.75, 3.05) is 16.5 Å². The molecule has 4 nitrogen and oxygen atoms in total. The van der Waals surface area contributed by atoms with Crippen molar-refractivity contribution in [1.82, 2.24) is 0 Å². The van der Waals surface area contributed by atoms with Gasteiger partial charge in [0.1, 0.15) is 0 Å². The van der Waals surface area contributed by atoms with E-state index in [1.807, 2.05) is 84.9 Å². The third-order valence-electron chi connectivity index (χ3n) is 4.41. The van der Waals surface area contributed by atoms with Gasteiger partial charge >= 0.3 is 0 Å². The molecule has 0 atom stereocenters. The first-order valence-electron chi connectivity index (χ1n) is 8.80. The van der Waals surface area contributed by atoms with Gasteiger partial charge in [0.05, 0.1) is 17.1 Å². The van der Waals surface area contributed by atoms with Crippen LogP contribution in [-0.2, 0) is 4.79 Å². The highest BCUT2D eigenvalue weighted by Gasteiger charge is 2.33. The van der Waals surface area contributed by atoms with Crippen LogP contribution in [0.3, 0.4) is 0 Å². The number of hydrazone groups is 1. The SMILES string of the molecule is C=CCN1C(=O)/C(=N\N(c2ccccc2)c2ccccc2)c2ccccc21. The minimum absolute atomic E-state index is 0.118. The van der Waals surface area contributed by atoms with E-state index in [1.54, 1.807) is 16.0 Å². The molecule has 0 N–H and O–H groups in total. The molecule has 0 aliphatic carbocycles. The van der Waals surface area contributed by atoms with E-state index in [2.05, 4.69) is 6.58 Å². The highest BCUT2D eigenvalue weighted by atomic mass is 16.2. The summed E-state index contributed by atoms with van der Waals surface area (Å²) >= 11 is 0. The topological polar surface area (TPSA) is 35.9 Å². The van der Waals surface area contributed by atoms with Gasteiger partial charge in [-0.05, 0) is 30.3 Å². The quantitative estimate of drug-likeness (QED) is 0.490. The van der Waals surface area contributed by atoms with Crippen LogP contribution in [0.4, 0.5) is 17.1 Å². The standard InChI is InChI=1S/C23H19N3O/c1-2-17-25-21-16-10-9-15-20(21)22(23(25)27)24-26(18-11-5-3-6-12-18)19-13-7-4-8-14-19/h2-16H,1,17H2/b24-22-. The zero-order valence-corrected chi connectivity index (χ0v) is 14.8. The van der Waals surface area contributed by atoms with Gasteiger partial charge in [-0.3, -0.25) is 4.79 Å². The average molecular weight is 353 g/mol. The maximum Gasteiger partial charge on any atom is 0.279 e. The number of carbonyl (C=O) groups excluding carboxylic acids is 1. The molecule has 1 aliphatic heterocycles. The van der Waals surface area contributed by atoms with E-state index in [0.717, 1.165) is 22.6 Å². The molecule has 3 aromatic carbocycles. The van der Waals surface area contributed by atoms with Gasteiger partial charge in [0, 0.05) is 12.1 Å². The zero-order valence-electron chi connectivity index (χ0n) is 14.8. The number of hydrogen-bond acceptors (Lipinski definition) is 3. The highest BCUT2D eigenvalue weighted by Crippen LogP contribution is 2.32. The molecule has 1 amide bonds. The predicted molar refractivity (Wildman–Crippen MR) is 111 cm³/mol. The number of nitrogens with zero attached hydrogens (tertiary/aromatic N) is 3. The van der Waals surface area contributed by atoms with E-state index in [1.165, 1.54) is 0 Å². The Kier molecular flexibility index (Phi) is 4.54. The number of anilines is 3. The molecule has 3 aromatic rings. The van der Waals surface area contributed by atoms with Crippen LogP contribution >= 0.6 is 0 Å². The average Bonchev–Trinajstić information content (AvgIpc) is 2.99. The highest BCUT2D eigenvalue weighted by molar-refractivity contribution is 6.54. The van der Waals surface area contributed by atoms with Crippen LogP contribution in [0.1, 0.15) is 5.56 Å². The lowest BCUT2D eigenvalue weighted by Crippen LogP contribution is -2.31. The molecule has 27 heavy (non-hydrogen) atoms. The van der Waals surface area contributed by atoms with Gasteiger partial charge in [-0.2, -0.15) is 5.10 Å². The number of hydrogen-bond donors (Lipinski definition) is 0. The third kappa shape index (κ3) is 3.13. The lowest BCUT2D eigenvalue weighted by Gasteiger charge is -2.20. The zero-order chi connectivity index (χ0) is 18.6. The van der Waals surface area contributed by atoms with Crippen molar-refractivity contribution in [1.29, 1.82) is 0 Å². The fourth-order valence-corrected chi connectivity index (χ4v) is 3.17. The molecule has 0 saturated heterocycles. The molecule has 0 bridgehead atoms. The fraction of sp³-hybridized carbons (Fsp3) is 0.0435. The summed E-state index contributed by atoms with van der Waals surface area (Å²) in [5.74, 6) is -0.118. The Morgan fingerprint density at radius 1 is 0.852 bits per heavy atom. The second-order valence-electron chi connectivity index (χ2n) is 6.15. The Balaban J connectivity index is 1.86. The van der Waals surface area contributed by atoms with Crippen LogP contribution in [0.5, 0.6) is 0 Å². The molecule has 0 saturated carbocycles. The lowest BCUT2D eigenvalue weighted by atomic mass is 10.1. The van der Waals surface area contributed by atoms with Crippen molar-refractivity contribution in [2.45, 2.75) is 0 Å². The minimum atomic E-state index is -0.118. The number of para-hydroxylation sites is 3. The normalized spacial score (nSPS) is 14.3. The molecule has 0 fully saturated rings. The molecular weight excluding hydrogens is 334 g/mol. The van der Waals surface area contributed by atoms with Gasteiger partial charge in [0.2, 0.25) is 0 Å². The maximum absolute atomic E-state index is 13.1. The number of carbonyl (C=O) groups is 1. The van der Waals surface area contributed by atoms with E-state index in [4.69, 9.17) is 5.10 Å². The number of amides is 1. The lowest BCUT2D eigenvalue weighted by molar-refractivity contribution is -0.112. The van der Waals surface area contributed by atoms with Crippen LogP contribution in [0, 0.1) is 0 Å². The first kappa shape index (κ1) is 16.8. The molecule has 0 radical (unpaired) electrons. The Morgan fingerprint density at radius 2 is 1.41 bits per heavy atom. The molecule has 1 aliphatic rings. The Labute approximate surface area is 158 Å². The van der Waals surface area contributed by atoms with Crippen LogP contribution < -0.4 is 9.91 Å². The van der Waals surface area contributed by atoms with Crippen molar-refractivity contribution in [3.8, 4) is 0 Å². The first-order chi connectivity index (χ1) is 13.3. The Hall–Kier alpha value is -3.66. The maximum atomic E-state index is 13.1. The van der Waals surface area contributed by atoms with E-state index >= 15 is 0 Å². The van der Waals surface area contributed by atoms with Gasteiger partial charge in [-0.1, -0.05) is 60.7 Å². The summed E-state index contributed by atoms with van der Waals surface area (Å²) in [7, 11) is 0. The second kappa shape index (κ2) is 7.30. The summed E-state index contributed by atoms with van der Waals surface area (Å²) in [4.78, 5) is 14.8. The van der Waals surface area contributed by atoms with E-state index in [9.17, 15) is 4.79 Å². The van der Waals surface area contributed by atoms with Crippen molar-refractivity contribution >= 4 is 28.7 Å². The Morgan fingerprint density at radius 3 is 2.00 bits per heavy atom. The number of fused-ring (bicyclic) bond motifs is 1. The molecule has 132 valence electrons. The van der Waals surface area contributed by atoms with Crippen molar-refractivity contribution in [3.63, 3.8) is 0 Å².